The Morgan fingerprint density at radius 1 is 1.19 bits per heavy atom. The molecule has 0 bridgehead atoms. The highest BCUT2D eigenvalue weighted by Gasteiger charge is 2.19. The van der Waals surface area contributed by atoms with Gasteiger partial charge < -0.3 is 20.0 Å². The number of nitrogens with zero attached hydrogens (tertiary/aromatic N) is 4. The van der Waals surface area contributed by atoms with Crippen LogP contribution in [0.5, 0.6) is 0 Å². The van der Waals surface area contributed by atoms with Gasteiger partial charge in [-0.05, 0) is 17.7 Å². The van der Waals surface area contributed by atoms with Gasteiger partial charge in [0.25, 0.3) is 0 Å². The van der Waals surface area contributed by atoms with Crippen molar-refractivity contribution in [1.82, 2.24) is 20.6 Å². The van der Waals surface area contributed by atoms with Gasteiger partial charge in [-0.1, -0.05) is 20.8 Å². The van der Waals surface area contributed by atoms with E-state index in [4.69, 9.17) is 4.42 Å². The molecule has 2 heterocycles. The summed E-state index contributed by atoms with van der Waals surface area (Å²) in [5, 5.41) is 6.50. The number of pyridine rings is 1. The Balaban J connectivity index is 0.00000338. The molecule has 0 radical (unpaired) electrons. The average Bonchev–Trinajstić information content (AvgIpc) is 3.04. The molecule has 0 fully saturated rings. The summed E-state index contributed by atoms with van der Waals surface area (Å²) in [5.41, 5.74) is 1.09. The summed E-state index contributed by atoms with van der Waals surface area (Å²) in [5.74, 6) is 3.14. The second-order valence-electron chi connectivity index (χ2n) is 7.06. The molecule has 2 aromatic heterocycles. The summed E-state index contributed by atoms with van der Waals surface area (Å²) in [6.07, 6.45) is 3.59. The molecule has 2 aromatic rings. The Labute approximate surface area is 172 Å². The Morgan fingerprint density at radius 2 is 1.88 bits per heavy atom. The summed E-state index contributed by atoms with van der Waals surface area (Å²) < 4.78 is 5.78. The van der Waals surface area contributed by atoms with Crippen LogP contribution in [0.3, 0.4) is 0 Å². The minimum absolute atomic E-state index is 0. The number of oxazole rings is 1. The first kappa shape index (κ1) is 22.2. The normalized spacial score (nSPS) is 11.7. The maximum atomic E-state index is 5.78. The molecule has 2 N–H and O–H groups in total. The van der Waals surface area contributed by atoms with Crippen molar-refractivity contribution in [1.29, 1.82) is 0 Å². The van der Waals surface area contributed by atoms with E-state index < -0.39 is 0 Å². The Bertz CT molecular complexity index is 720. The summed E-state index contributed by atoms with van der Waals surface area (Å²) in [6.45, 7) is 7.43. The first-order valence-corrected chi connectivity index (χ1v) is 8.31. The lowest BCUT2D eigenvalue weighted by Crippen LogP contribution is -2.36. The second kappa shape index (κ2) is 9.75. The highest BCUT2D eigenvalue weighted by molar-refractivity contribution is 14.0. The van der Waals surface area contributed by atoms with Gasteiger partial charge in [0.15, 0.2) is 5.96 Å². The van der Waals surface area contributed by atoms with Crippen LogP contribution in [-0.2, 0) is 18.5 Å². The van der Waals surface area contributed by atoms with E-state index in [2.05, 4.69) is 46.4 Å². The fourth-order valence-corrected chi connectivity index (χ4v) is 2.12. The number of aliphatic imine (C=N–C) groups is 1. The molecule has 26 heavy (non-hydrogen) atoms. The first-order valence-electron chi connectivity index (χ1n) is 8.31. The van der Waals surface area contributed by atoms with Crippen LogP contribution in [0.1, 0.15) is 38.0 Å². The van der Waals surface area contributed by atoms with Gasteiger partial charge >= 0.3 is 0 Å². The number of hydrogen-bond acceptors (Lipinski definition) is 5. The molecule has 7 nitrogen and oxygen atoms in total. The van der Waals surface area contributed by atoms with Crippen LogP contribution in [0.25, 0.3) is 0 Å². The van der Waals surface area contributed by atoms with E-state index in [1.165, 1.54) is 0 Å². The Hall–Kier alpha value is -1.84. The molecule has 0 aliphatic rings. The zero-order chi connectivity index (χ0) is 18.4. The van der Waals surface area contributed by atoms with Crippen molar-refractivity contribution in [2.24, 2.45) is 4.99 Å². The summed E-state index contributed by atoms with van der Waals surface area (Å²) in [7, 11) is 5.69. The fourth-order valence-electron chi connectivity index (χ4n) is 2.12. The van der Waals surface area contributed by atoms with Crippen LogP contribution >= 0.6 is 24.0 Å². The van der Waals surface area contributed by atoms with Crippen LogP contribution in [0.2, 0.25) is 0 Å². The maximum Gasteiger partial charge on any atom is 0.213 e. The standard InChI is InChI=1S/C18H28N6O.HI/c1-18(2,3)14-11-21-16(25-14)12-23-17(19-4)22-10-13-7-8-20-15(9-13)24(5)6;/h7-9,11H,10,12H2,1-6H3,(H2,19,22,23);1H. The summed E-state index contributed by atoms with van der Waals surface area (Å²) in [6, 6.07) is 4.03. The molecular formula is C18H29IN6O. The van der Waals surface area contributed by atoms with E-state index in [-0.39, 0.29) is 29.4 Å². The van der Waals surface area contributed by atoms with Gasteiger partial charge in [-0.15, -0.1) is 24.0 Å². The van der Waals surface area contributed by atoms with Gasteiger partial charge in [-0.3, -0.25) is 4.99 Å². The predicted octanol–water partition coefficient (Wildman–Crippen LogP) is 2.92. The lowest BCUT2D eigenvalue weighted by atomic mass is 9.94. The van der Waals surface area contributed by atoms with Crippen molar-refractivity contribution in [3.05, 3.63) is 41.7 Å². The van der Waals surface area contributed by atoms with Crippen molar-refractivity contribution in [3.8, 4) is 0 Å². The largest absolute Gasteiger partial charge is 0.443 e. The molecule has 0 spiro atoms. The van der Waals surface area contributed by atoms with Crippen molar-refractivity contribution in [3.63, 3.8) is 0 Å². The van der Waals surface area contributed by atoms with Gasteiger partial charge in [0.1, 0.15) is 11.6 Å². The van der Waals surface area contributed by atoms with Crippen molar-refractivity contribution in [2.45, 2.75) is 39.3 Å². The van der Waals surface area contributed by atoms with E-state index in [0.29, 0.717) is 24.9 Å². The molecule has 0 unspecified atom stereocenters. The first-order chi connectivity index (χ1) is 11.8. The quantitative estimate of drug-likeness (QED) is 0.396. The molecule has 8 heteroatoms. The molecule has 2 rings (SSSR count). The summed E-state index contributed by atoms with van der Waals surface area (Å²) in [4.78, 5) is 14.8. The van der Waals surface area contributed by atoms with Gasteiger partial charge in [-0.2, -0.15) is 0 Å². The lowest BCUT2D eigenvalue weighted by Gasteiger charge is -2.14. The van der Waals surface area contributed by atoms with E-state index in [1.807, 2.05) is 37.3 Å². The highest BCUT2D eigenvalue weighted by Crippen LogP contribution is 2.22. The summed E-state index contributed by atoms with van der Waals surface area (Å²) >= 11 is 0. The second-order valence-corrected chi connectivity index (χ2v) is 7.06. The maximum absolute atomic E-state index is 5.78. The van der Waals surface area contributed by atoms with E-state index in [0.717, 1.165) is 17.1 Å². The highest BCUT2D eigenvalue weighted by atomic mass is 127. The molecule has 0 saturated carbocycles. The van der Waals surface area contributed by atoms with Crippen LogP contribution < -0.4 is 15.5 Å². The number of halogens is 1. The van der Waals surface area contributed by atoms with Gasteiger partial charge in [-0.25, -0.2) is 9.97 Å². The topological polar surface area (TPSA) is 78.6 Å². The van der Waals surface area contributed by atoms with Crippen LogP contribution in [-0.4, -0.2) is 37.1 Å². The molecule has 0 aliphatic heterocycles. The Kier molecular flexibility index (Phi) is 8.32. The van der Waals surface area contributed by atoms with Gasteiger partial charge in [0, 0.05) is 39.3 Å². The third kappa shape index (κ3) is 6.47. The van der Waals surface area contributed by atoms with Crippen molar-refractivity contribution in [2.75, 3.05) is 26.0 Å². The number of aromatic nitrogens is 2. The number of nitrogens with one attached hydrogen (secondary N) is 2. The molecule has 144 valence electrons. The van der Waals surface area contributed by atoms with Crippen LogP contribution in [0.15, 0.2) is 33.9 Å². The van der Waals surface area contributed by atoms with Crippen molar-refractivity contribution >= 4 is 35.8 Å². The molecule has 0 aromatic carbocycles. The number of guanidine groups is 1. The minimum Gasteiger partial charge on any atom is -0.443 e. The van der Waals surface area contributed by atoms with Crippen molar-refractivity contribution < 1.29 is 4.42 Å². The van der Waals surface area contributed by atoms with E-state index in [1.54, 1.807) is 13.2 Å². The predicted molar refractivity (Wildman–Crippen MR) is 116 cm³/mol. The number of hydrogen-bond donors (Lipinski definition) is 2. The van der Waals surface area contributed by atoms with Gasteiger partial charge in [0.05, 0.1) is 12.7 Å². The monoisotopic (exact) mass is 472 g/mol. The Morgan fingerprint density at radius 3 is 2.46 bits per heavy atom. The van der Waals surface area contributed by atoms with Gasteiger partial charge in [0.2, 0.25) is 5.89 Å². The lowest BCUT2D eigenvalue weighted by molar-refractivity contribution is 0.379. The van der Waals surface area contributed by atoms with E-state index >= 15 is 0 Å². The smallest absolute Gasteiger partial charge is 0.213 e. The number of rotatable bonds is 5. The third-order valence-electron chi connectivity index (χ3n) is 3.65. The average molecular weight is 472 g/mol. The zero-order valence-corrected chi connectivity index (χ0v) is 18.7. The molecule has 0 amide bonds. The SMILES string of the molecule is CN=C(NCc1ccnc(N(C)C)c1)NCc1ncc(C(C)(C)C)o1.I. The van der Waals surface area contributed by atoms with E-state index in [9.17, 15) is 0 Å². The fraction of sp³-hybridized carbons (Fsp3) is 0.500. The number of anilines is 1. The molecule has 0 atom stereocenters. The van der Waals surface area contributed by atoms with Crippen LogP contribution in [0, 0.1) is 0 Å². The molecular weight excluding hydrogens is 443 g/mol. The van der Waals surface area contributed by atoms with Crippen LogP contribution in [0.4, 0.5) is 5.82 Å². The minimum atomic E-state index is -0.0450. The zero-order valence-electron chi connectivity index (χ0n) is 16.3. The molecule has 0 saturated heterocycles. The molecule has 0 aliphatic carbocycles. The third-order valence-corrected chi connectivity index (χ3v) is 3.65.